The van der Waals surface area contributed by atoms with Crippen LogP contribution < -0.4 is 15.4 Å². The van der Waals surface area contributed by atoms with Gasteiger partial charge in [0, 0.05) is 39.4 Å². The van der Waals surface area contributed by atoms with Crippen LogP contribution >= 0.6 is 0 Å². The monoisotopic (exact) mass is 336 g/mol. The Balaban J connectivity index is 1.57. The highest BCUT2D eigenvalue weighted by atomic mass is 16.1. The standard InChI is InChI=1S/C16H16N8O/c1-17-12-14(19-5-4-18-12)23-7-9-24(10-8-23)16-20-13-11(15(25)21-16)3-6-22(13)2/h3-6H,7-10H2,2H3,(H,20,21,25). The van der Waals surface area contributed by atoms with Crippen LogP contribution in [0.1, 0.15) is 0 Å². The molecule has 25 heavy (non-hydrogen) atoms. The Morgan fingerprint density at radius 3 is 2.64 bits per heavy atom. The van der Waals surface area contributed by atoms with Gasteiger partial charge in [0.05, 0.1) is 11.6 Å². The molecule has 4 heterocycles. The van der Waals surface area contributed by atoms with E-state index in [2.05, 4.69) is 24.8 Å². The van der Waals surface area contributed by atoms with E-state index < -0.39 is 0 Å². The smallest absolute Gasteiger partial charge is 0.312 e. The average molecular weight is 336 g/mol. The number of nitrogens with one attached hydrogen (secondary N) is 1. The Morgan fingerprint density at radius 1 is 1.16 bits per heavy atom. The summed E-state index contributed by atoms with van der Waals surface area (Å²) in [6.07, 6.45) is 4.95. The highest BCUT2D eigenvalue weighted by Gasteiger charge is 2.22. The van der Waals surface area contributed by atoms with Crippen molar-refractivity contribution in [3.8, 4) is 0 Å². The first kappa shape index (κ1) is 15.1. The number of piperazine rings is 1. The minimum atomic E-state index is -0.132. The average Bonchev–Trinajstić information content (AvgIpc) is 3.03. The van der Waals surface area contributed by atoms with Gasteiger partial charge in [-0.05, 0) is 6.07 Å². The zero-order valence-electron chi connectivity index (χ0n) is 13.7. The molecule has 9 nitrogen and oxygen atoms in total. The molecule has 1 aliphatic rings. The molecule has 1 aliphatic heterocycles. The minimum absolute atomic E-state index is 0.132. The van der Waals surface area contributed by atoms with Crippen molar-refractivity contribution in [3.05, 3.63) is 46.4 Å². The third-order valence-corrected chi connectivity index (χ3v) is 4.37. The summed E-state index contributed by atoms with van der Waals surface area (Å²) in [4.78, 5) is 35.5. The van der Waals surface area contributed by atoms with E-state index in [1.807, 2.05) is 27.6 Å². The number of nitrogens with zero attached hydrogens (tertiary/aromatic N) is 7. The van der Waals surface area contributed by atoms with E-state index in [0.717, 1.165) is 0 Å². The molecule has 3 aromatic rings. The van der Waals surface area contributed by atoms with Crippen LogP contribution in [0.4, 0.5) is 17.6 Å². The molecule has 0 atom stereocenters. The summed E-state index contributed by atoms with van der Waals surface area (Å²) in [6.45, 7) is 9.92. The van der Waals surface area contributed by atoms with Crippen molar-refractivity contribution in [2.24, 2.45) is 7.05 Å². The van der Waals surface area contributed by atoms with Gasteiger partial charge in [0.2, 0.25) is 5.95 Å². The number of aromatic nitrogens is 5. The van der Waals surface area contributed by atoms with Crippen molar-refractivity contribution in [3.63, 3.8) is 0 Å². The molecule has 0 aliphatic carbocycles. The number of aryl methyl sites for hydroxylation is 1. The molecule has 0 radical (unpaired) electrons. The van der Waals surface area contributed by atoms with Gasteiger partial charge < -0.3 is 19.2 Å². The first-order valence-electron chi connectivity index (χ1n) is 7.91. The van der Waals surface area contributed by atoms with Crippen LogP contribution in [0.5, 0.6) is 0 Å². The van der Waals surface area contributed by atoms with E-state index in [-0.39, 0.29) is 5.56 Å². The molecule has 1 fully saturated rings. The molecule has 0 amide bonds. The fourth-order valence-corrected chi connectivity index (χ4v) is 3.04. The van der Waals surface area contributed by atoms with E-state index in [0.29, 0.717) is 54.8 Å². The zero-order chi connectivity index (χ0) is 17.4. The van der Waals surface area contributed by atoms with Gasteiger partial charge >= 0.3 is 5.82 Å². The van der Waals surface area contributed by atoms with Crippen molar-refractivity contribution in [2.45, 2.75) is 0 Å². The Bertz CT molecular complexity index is 1020. The fraction of sp³-hybridized carbons (Fsp3) is 0.312. The Morgan fingerprint density at radius 2 is 1.88 bits per heavy atom. The van der Waals surface area contributed by atoms with Crippen LogP contribution in [-0.4, -0.2) is 50.7 Å². The minimum Gasteiger partial charge on any atom is -0.360 e. The number of aromatic amines is 1. The molecule has 1 saturated heterocycles. The Labute approximate surface area is 143 Å². The number of rotatable bonds is 2. The highest BCUT2D eigenvalue weighted by Crippen LogP contribution is 2.24. The summed E-state index contributed by atoms with van der Waals surface area (Å²) in [5, 5.41) is 0.589. The maximum Gasteiger partial charge on any atom is 0.312 e. The second kappa shape index (κ2) is 5.90. The maximum absolute atomic E-state index is 12.2. The lowest BCUT2D eigenvalue weighted by Crippen LogP contribution is -2.47. The van der Waals surface area contributed by atoms with E-state index in [4.69, 9.17) is 6.57 Å². The van der Waals surface area contributed by atoms with E-state index >= 15 is 0 Å². The number of hydrogen-bond acceptors (Lipinski definition) is 6. The largest absolute Gasteiger partial charge is 0.360 e. The summed E-state index contributed by atoms with van der Waals surface area (Å²) in [5.74, 6) is 1.49. The van der Waals surface area contributed by atoms with Crippen LogP contribution in [0.25, 0.3) is 15.9 Å². The van der Waals surface area contributed by atoms with Crippen LogP contribution in [0, 0.1) is 6.57 Å². The van der Waals surface area contributed by atoms with E-state index in [1.54, 1.807) is 12.3 Å². The van der Waals surface area contributed by atoms with E-state index in [9.17, 15) is 4.79 Å². The molecule has 1 N–H and O–H groups in total. The molecule has 0 bridgehead atoms. The second-order valence-corrected chi connectivity index (χ2v) is 5.84. The third-order valence-electron chi connectivity index (χ3n) is 4.37. The van der Waals surface area contributed by atoms with Crippen LogP contribution in [0.15, 0.2) is 29.5 Å². The summed E-state index contributed by atoms with van der Waals surface area (Å²) in [7, 11) is 1.87. The molecular formula is C16H16N8O. The van der Waals surface area contributed by atoms with Gasteiger partial charge in [-0.25, -0.2) is 4.98 Å². The summed E-state index contributed by atoms with van der Waals surface area (Å²) < 4.78 is 1.84. The van der Waals surface area contributed by atoms with Gasteiger partial charge in [-0.15, -0.1) is 4.98 Å². The molecular weight excluding hydrogens is 320 g/mol. The maximum atomic E-state index is 12.2. The molecule has 126 valence electrons. The number of anilines is 2. The summed E-state index contributed by atoms with van der Waals surface area (Å²) in [6, 6.07) is 1.77. The molecule has 0 aromatic carbocycles. The summed E-state index contributed by atoms with van der Waals surface area (Å²) >= 11 is 0. The van der Waals surface area contributed by atoms with E-state index in [1.165, 1.54) is 6.20 Å². The van der Waals surface area contributed by atoms with Gasteiger partial charge in [0.25, 0.3) is 5.56 Å². The number of H-pyrrole nitrogens is 1. The lowest BCUT2D eigenvalue weighted by Gasteiger charge is -2.35. The molecule has 9 heteroatoms. The van der Waals surface area contributed by atoms with Crippen LogP contribution in [0.3, 0.4) is 0 Å². The Hall–Kier alpha value is -3.41. The molecule has 0 unspecified atom stereocenters. The highest BCUT2D eigenvalue weighted by molar-refractivity contribution is 5.76. The Kier molecular flexibility index (Phi) is 3.57. The molecule has 0 saturated carbocycles. The quantitative estimate of drug-likeness (QED) is 0.701. The molecule has 3 aromatic heterocycles. The lowest BCUT2D eigenvalue weighted by atomic mass is 10.3. The SMILES string of the molecule is [C-]#[N+]c1nccnc1N1CCN(c2nc3c(ccn3C)c(=O)[nH]2)CC1. The molecule has 0 spiro atoms. The second-order valence-electron chi connectivity index (χ2n) is 5.84. The third kappa shape index (κ3) is 2.57. The topological polar surface area (TPSA) is 87.3 Å². The van der Waals surface area contributed by atoms with Crippen LogP contribution in [0.2, 0.25) is 0 Å². The van der Waals surface area contributed by atoms with Crippen molar-refractivity contribution in [1.29, 1.82) is 0 Å². The predicted molar refractivity (Wildman–Crippen MR) is 94.1 cm³/mol. The van der Waals surface area contributed by atoms with Gasteiger partial charge in [0.15, 0.2) is 5.82 Å². The van der Waals surface area contributed by atoms with Crippen molar-refractivity contribution >= 4 is 28.6 Å². The fourth-order valence-electron chi connectivity index (χ4n) is 3.04. The van der Waals surface area contributed by atoms with Gasteiger partial charge in [-0.2, -0.15) is 4.98 Å². The van der Waals surface area contributed by atoms with Gasteiger partial charge in [-0.3, -0.25) is 9.78 Å². The summed E-state index contributed by atoms with van der Waals surface area (Å²) in [5.41, 5.74) is 0.539. The van der Waals surface area contributed by atoms with Crippen molar-refractivity contribution in [1.82, 2.24) is 24.5 Å². The predicted octanol–water partition coefficient (Wildman–Crippen LogP) is 0.929. The number of fused-ring (bicyclic) bond motifs is 1. The number of hydrogen-bond donors (Lipinski definition) is 1. The lowest BCUT2D eigenvalue weighted by molar-refractivity contribution is 0.634. The first-order valence-corrected chi connectivity index (χ1v) is 7.91. The van der Waals surface area contributed by atoms with Gasteiger partial charge in [0.1, 0.15) is 11.8 Å². The van der Waals surface area contributed by atoms with Crippen molar-refractivity contribution in [2.75, 3.05) is 36.0 Å². The van der Waals surface area contributed by atoms with Crippen LogP contribution in [-0.2, 0) is 7.05 Å². The van der Waals surface area contributed by atoms with Crippen molar-refractivity contribution < 1.29 is 0 Å². The first-order chi connectivity index (χ1) is 12.2. The van der Waals surface area contributed by atoms with Gasteiger partial charge in [-0.1, -0.05) is 6.57 Å². The zero-order valence-corrected chi connectivity index (χ0v) is 13.7. The normalized spacial score (nSPS) is 14.7. The molecule has 4 rings (SSSR count).